The lowest BCUT2D eigenvalue weighted by Gasteiger charge is -2.12. The number of carbonyl (C=O) groups is 3. The van der Waals surface area contributed by atoms with E-state index in [-0.39, 0.29) is 23.5 Å². The molecule has 0 saturated heterocycles. The van der Waals surface area contributed by atoms with E-state index in [1.54, 1.807) is 0 Å². The topological polar surface area (TPSA) is 91.1 Å². The second-order valence-electron chi connectivity index (χ2n) is 8.14. The number of amides is 2. The Balaban J connectivity index is 1.67. The lowest BCUT2D eigenvalue weighted by atomic mass is 10.0. The second kappa shape index (κ2) is 9.74. The summed E-state index contributed by atoms with van der Waals surface area (Å²) in [5, 5.41) is 5.93. The summed E-state index contributed by atoms with van der Waals surface area (Å²) in [6, 6.07) is 7.55. The Hall–Kier alpha value is -2.89. The summed E-state index contributed by atoms with van der Waals surface area (Å²) in [6.07, 6.45) is 5.67. The van der Waals surface area contributed by atoms with Crippen molar-refractivity contribution in [3.63, 3.8) is 0 Å². The Morgan fingerprint density at radius 2 is 1.90 bits per heavy atom. The number of Topliss-reactive ketones (excluding diaryl/α,β-unsaturated/α-hetero) is 1. The van der Waals surface area contributed by atoms with E-state index in [0.29, 0.717) is 24.2 Å². The number of H-pyrrole nitrogens is 1. The van der Waals surface area contributed by atoms with Crippen molar-refractivity contribution in [2.24, 2.45) is 5.92 Å². The molecule has 1 heterocycles. The molecular formula is C24H31N3O3. The molecule has 160 valence electrons. The number of hydrogen-bond donors (Lipinski definition) is 3. The summed E-state index contributed by atoms with van der Waals surface area (Å²) in [7, 11) is 0. The van der Waals surface area contributed by atoms with Crippen LogP contribution in [0, 0.1) is 12.8 Å². The fourth-order valence-corrected chi connectivity index (χ4v) is 4.31. The van der Waals surface area contributed by atoms with E-state index in [4.69, 9.17) is 0 Å². The Labute approximate surface area is 177 Å². The highest BCUT2D eigenvalue weighted by molar-refractivity contribution is 6.02. The van der Waals surface area contributed by atoms with Gasteiger partial charge in [0.2, 0.25) is 5.91 Å². The molecule has 1 aromatic carbocycles. The SMILES string of the molecule is CCCc1c(C(=O)NCc2cccc(NC(=O)C3CCCC3)c2)[nH]c(C)c1C(C)=O. The second-order valence-corrected chi connectivity index (χ2v) is 8.14. The highest BCUT2D eigenvalue weighted by Gasteiger charge is 2.23. The summed E-state index contributed by atoms with van der Waals surface area (Å²) < 4.78 is 0. The van der Waals surface area contributed by atoms with Gasteiger partial charge < -0.3 is 15.6 Å². The van der Waals surface area contributed by atoms with E-state index < -0.39 is 0 Å². The number of nitrogens with one attached hydrogen (secondary N) is 3. The zero-order chi connectivity index (χ0) is 21.7. The van der Waals surface area contributed by atoms with Gasteiger partial charge in [-0.1, -0.05) is 38.3 Å². The van der Waals surface area contributed by atoms with Crippen molar-refractivity contribution in [1.82, 2.24) is 10.3 Å². The first-order valence-electron chi connectivity index (χ1n) is 10.8. The molecule has 0 atom stereocenters. The monoisotopic (exact) mass is 409 g/mol. The van der Waals surface area contributed by atoms with Crippen LogP contribution in [-0.2, 0) is 17.8 Å². The molecular weight excluding hydrogens is 378 g/mol. The Morgan fingerprint density at radius 3 is 2.57 bits per heavy atom. The maximum atomic E-state index is 12.8. The number of anilines is 1. The van der Waals surface area contributed by atoms with Crippen LogP contribution in [0.25, 0.3) is 0 Å². The van der Waals surface area contributed by atoms with Crippen LogP contribution in [0.3, 0.4) is 0 Å². The van der Waals surface area contributed by atoms with Gasteiger partial charge in [-0.2, -0.15) is 0 Å². The van der Waals surface area contributed by atoms with Gasteiger partial charge in [0.05, 0.1) is 0 Å². The van der Waals surface area contributed by atoms with Crippen LogP contribution in [0.15, 0.2) is 24.3 Å². The van der Waals surface area contributed by atoms with Crippen molar-refractivity contribution in [3.8, 4) is 0 Å². The average Bonchev–Trinajstić information content (AvgIpc) is 3.35. The quantitative estimate of drug-likeness (QED) is 0.559. The summed E-state index contributed by atoms with van der Waals surface area (Å²) >= 11 is 0. The fraction of sp³-hybridized carbons (Fsp3) is 0.458. The van der Waals surface area contributed by atoms with E-state index >= 15 is 0 Å². The third-order valence-electron chi connectivity index (χ3n) is 5.74. The van der Waals surface area contributed by atoms with Gasteiger partial charge in [0.1, 0.15) is 5.69 Å². The number of ketones is 1. The molecule has 0 bridgehead atoms. The van der Waals surface area contributed by atoms with Gasteiger partial charge in [0.25, 0.3) is 5.91 Å². The molecule has 0 spiro atoms. The fourth-order valence-electron chi connectivity index (χ4n) is 4.31. The van der Waals surface area contributed by atoms with Crippen LogP contribution >= 0.6 is 0 Å². The van der Waals surface area contributed by atoms with Gasteiger partial charge in [0, 0.05) is 29.4 Å². The first kappa shape index (κ1) is 21.8. The molecule has 0 radical (unpaired) electrons. The number of benzene rings is 1. The van der Waals surface area contributed by atoms with E-state index in [2.05, 4.69) is 15.6 Å². The molecule has 2 amide bonds. The standard InChI is InChI=1S/C24H31N3O3/c1-4-8-20-21(16(3)28)15(2)26-22(20)24(30)25-14-17-9-7-12-19(13-17)27-23(29)18-10-5-6-11-18/h7,9,12-13,18,26H,4-6,8,10-11,14H2,1-3H3,(H,25,30)(H,27,29). The minimum Gasteiger partial charge on any atom is -0.354 e. The Kier molecular flexibility index (Phi) is 7.08. The molecule has 6 nitrogen and oxygen atoms in total. The van der Waals surface area contributed by atoms with Crippen molar-refractivity contribution in [1.29, 1.82) is 0 Å². The Bertz CT molecular complexity index is 939. The molecule has 1 aromatic heterocycles. The minimum absolute atomic E-state index is 0.0306. The van der Waals surface area contributed by atoms with Crippen LogP contribution in [-0.4, -0.2) is 22.6 Å². The van der Waals surface area contributed by atoms with Gasteiger partial charge >= 0.3 is 0 Å². The third-order valence-corrected chi connectivity index (χ3v) is 5.74. The summed E-state index contributed by atoms with van der Waals surface area (Å²) in [4.78, 5) is 40.3. The largest absolute Gasteiger partial charge is 0.354 e. The maximum Gasteiger partial charge on any atom is 0.268 e. The molecule has 0 aliphatic heterocycles. The van der Waals surface area contributed by atoms with Crippen LogP contribution in [0.5, 0.6) is 0 Å². The third kappa shape index (κ3) is 4.99. The first-order chi connectivity index (χ1) is 14.4. The lowest BCUT2D eigenvalue weighted by Crippen LogP contribution is -2.24. The highest BCUT2D eigenvalue weighted by atomic mass is 16.2. The number of hydrogen-bond acceptors (Lipinski definition) is 3. The van der Waals surface area contributed by atoms with Gasteiger partial charge in [0.15, 0.2) is 5.78 Å². The summed E-state index contributed by atoms with van der Waals surface area (Å²) in [5.74, 6) is -0.0696. The van der Waals surface area contributed by atoms with E-state index in [0.717, 1.165) is 54.6 Å². The van der Waals surface area contributed by atoms with Gasteiger partial charge in [-0.25, -0.2) is 0 Å². The summed E-state index contributed by atoms with van der Waals surface area (Å²) in [6.45, 7) is 5.72. The van der Waals surface area contributed by atoms with Crippen molar-refractivity contribution < 1.29 is 14.4 Å². The van der Waals surface area contributed by atoms with Crippen molar-refractivity contribution in [3.05, 3.63) is 52.3 Å². The van der Waals surface area contributed by atoms with Gasteiger partial charge in [-0.15, -0.1) is 0 Å². The zero-order valence-corrected chi connectivity index (χ0v) is 18.1. The van der Waals surface area contributed by atoms with Crippen LogP contribution in [0.4, 0.5) is 5.69 Å². The molecule has 1 saturated carbocycles. The van der Waals surface area contributed by atoms with Crippen molar-refractivity contribution in [2.75, 3.05) is 5.32 Å². The predicted octanol–water partition coefficient (Wildman–Crippen LogP) is 4.54. The molecule has 0 unspecified atom stereocenters. The van der Waals surface area contributed by atoms with Gasteiger partial charge in [-0.3, -0.25) is 14.4 Å². The molecule has 1 aliphatic rings. The predicted molar refractivity (Wildman–Crippen MR) is 118 cm³/mol. The normalized spacial score (nSPS) is 14.0. The molecule has 1 fully saturated rings. The minimum atomic E-state index is -0.227. The highest BCUT2D eigenvalue weighted by Crippen LogP contribution is 2.26. The number of rotatable bonds is 8. The first-order valence-corrected chi connectivity index (χ1v) is 10.8. The average molecular weight is 410 g/mol. The van der Waals surface area contributed by atoms with Crippen LogP contribution in [0.1, 0.15) is 83.6 Å². The van der Waals surface area contributed by atoms with Crippen molar-refractivity contribution in [2.45, 2.75) is 65.8 Å². The van der Waals surface area contributed by atoms with Crippen LogP contribution in [0.2, 0.25) is 0 Å². The number of aromatic nitrogens is 1. The smallest absolute Gasteiger partial charge is 0.268 e. The van der Waals surface area contributed by atoms with Crippen LogP contribution < -0.4 is 10.6 Å². The number of carbonyl (C=O) groups excluding carboxylic acids is 3. The molecule has 3 rings (SSSR count). The molecule has 1 aliphatic carbocycles. The lowest BCUT2D eigenvalue weighted by molar-refractivity contribution is -0.119. The maximum absolute atomic E-state index is 12.8. The molecule has 2 aromatic rings. The van der Waals surface area contributed by atoms with E-state index in [9.17, 15) is 14.4 Å². The van der Waals surface area contributed by atoms with E-state index in [1.807, 2.05) is 38.1 Å². The van der Waals surface area contributed by atoms with E-state index in [1.165, 1.54) is 6.92 Å². The number of aryl methyl sites for hydroxylation is 1. The summed E-state index contributed by atoms with van der Waals surface area (Å²) in [5.41, 5.74) is 4.26. The zero-order valence-electron chi connectivity index (χ0n) is 18.1. The molecule has 3 N–H and O–H groups in total. The van der Waals surface area contributed by atoms with Gasteiger partial charge in [-0.05, 0) is 56.4 Å². The number of aromatic amines is 1. The molecule has 30 heavy (non-hydrogen) atoms. The molecule has 6 heteroatoms. The Morgan fingerprint density at radius 1 is 1.17 bits per heavy atom. The van der Waals surface area contributed by atoms with Crippen molar-refractivity contribution >= 4 is 23.3 Å².